The summed E-state index contributed by atoms with van der Waals surface area (Å²) in [5, 5.41) is 3.89. The highest BCUT2D eigenvalue weighted by Crippen LogP contribution is 2.25. The van der Waals surface area contributed by atoms with Gasteiger partial charge in [0, 0.05) is 11.4 Å². The number of rotatable bonds is 5. The lowest BCUT2D eigenvalue weighted by Crippen LogP contribution is -2.28. The molecule has 0 aliphatic heterocycles. The molecule has 2 N–H and O–H groups in total. The Hall–Kier alpha value is -1.40. The lowest BCUT2D eigenvalue weighted by molar-refractivity contribution is 0.309. The second kappa shape index (κ2) is 5.71. The first-order valence-corrected chi connectivity index (χ1v) is 6.92. The van der Waals surface area contributed by atoms with Gasteiger partial charge < -0.3 is 10.3 Å². The molecule has 1 heterocycles. The van der Waals surface area contributed by atoms with Crippen LogP contribution >= 0.6 is 11.8 Å². The van der Waals surface area contributed by atoms with Crippen molar-refractivity contribution in [1.82, 2.24) is 10.1 Å². The van der Waals surface area contributed by atoms with Gasteiger partial charge in [-0.3, -0.25) is 0 Å². The maximum atomic E-state index is 13.4. The van der Waals surface area contributed by atoms with Crippen LogP contribution in [-0.4, -0.2) is 16.7 Å². The van der Waals surface area contributed by atoms with Crippen LogP contribution in [0.4, 0.5) is 4.39 Å². The summed E-state index contributed by atoms with van der Waals surface area (Å²) in [7, 11) is 0. The average molecular weight is 281 g/mol. The Bertz CT molecular complexity index is 556. The Labute approximate surface area is 115 Å². The zero-order valence-electron chi connectivity index (χ0n) is 10.9. The predicted octanol–water partition coefficient (Wildman–Crippen LogP) is 2.74. The molecule has 0 amide bonds. The van der Waals surface area contributed by atoms with Crippen molar-refractivity contribution < 1.29 is 8.91 Å². The van der Waals surface area contributed by atoms with Gasteiger partial charge in [-0.2, -0.15) is 4.98 Å². The monoisotopic (exact) mass is 281 g/mol. The summed E-state index contributed by atoms with van der Waals surface area (Å²) >= 11 is 1.34. The molecule has 0 radical (unpaired) electrons. The van der Waals surface area contributed by atoms with Gasteiger partial charge in [-0.15, -0.1) is 11.8 Å². The number of thioether (sulfide) groups is 1. The minimum absolute atomic E-state index is 0.237. The maximum absolute atomic E-state index is 13.4. The topological polar surface area (TPSA) is 64.9 Å². The van der Waals surface area contributed by atoms with E-state index < -0.39 is 0 Å². The molecule has 4 nitrogen and oxygen atoms in total. The van der Waals surface area contributed by atoms with E-state index in [4.69, 9.17) is 10.3 Å². The Morgan fingerprint density at radius 2 is 2.11 bits per heavy atom. The molecule has 1 aromatic heterocycles. The van der Waals surface area contributed by atoms with Crippen molar-refractivity contribution in [1.29, 1.82) is 0 Å². The SMILES string of the molecule is CC(C)(CN)c1nc(CSc2ccccc2F)no1. The van der Waals surface area contributed by atoms with E-state index in [0.29, 0.717) is 28.9 Å². The van der Waals surface area contributed by atoms with Crippen LogP contribution in [0.3, 0.4) is 0 Å². The standard InChI is InChI=1S/C13H16FN3OS/c1-13(2,8-15)12-16-11(17-18-12)7-19-10-6-4-3-5-9(10)14/h3-6H,7-8,15H2,1-2H3. The quantitative estimate of drug-likeness (QED) is 0.854. The molecular weight excluding hydrogens is 265 g/mol. The van der Waals surface area contributed by atoms with Gasteiger partial charge in [-0.1, -0.05) is 17.3 Å². The number of hydrogen-bond acceptors (Lipinski definition) is 5. The van der Waals surface area contributed by atoms with Gasteiger partial charge >= 0.3 is 0 Å². The van der Waals surface area contributed by atoms with Gasteiger partial charge in [0.25, 0.3) is 0 Å². The highest BCUT2D eigenvalue weighted by atomic mass is 32.2. The first-order valence-electron chi connectivity index (χ1n) is 5.93. The van der Waals surface area contributed by atoms with Gasteiger partial charge in [-0.25, -0.2) is 4.39 Å². The summed E-state index contributed by atoms with van der Waals surface area (Å²) in [5.41, 5.74) is 5.31. The van der Waals surface area contributed by atoms with Crippen molar-refractivity contribution >= 4 is 11.8 Å². The summed E-state index contributed by atoms with van der Waals surface area (Å²) in [5.74, 6) is 1.29. The Morgan fingerprint density at radius 3 is 2.79 bits per heavy atom. The average Bonchev–Trinajstić information content (AvgIpc) is 2.87. The number of nitrogens with two attached hydrogens (primary N) is 1. The van der Waals surface area contributed by atoms with E-state index in [-0.39, 0.29) is 11.2 Å². The van der Waals surface area contributed by atoms with Crippen molar-refractivity contribution in [2.75, 3.05) is 6.54 Å². The highest BCUT2D eigenvalue weighted by Gasteiger charge is 2.25. The molecule has 0 spiro atoms. The fraction of sp³-hybridized carbons (Fsp3) is 0.385. The van der Waals surface area contributed by atoms with Gasteiger partial charge in [-0.05, 0) is 26.0 Å². The molecular formula is C13H16FN3OS. The zero-order chi connectivity index (χ0) is 13.9. The van der Waals surface area contributed by atoms with Crippen LogP contribution in [0, 0.1) is 5.82 Å². The van der Waals surface area contributed by atoms with E-state index in [9.17, 15) is 4.39 Å². The molecule has 0 aliphatic rings. The van der Waals surface area contributed by atoms with E-state index in [2.05, 4.69) is 10.1 Å². The Kier molecular flexibility index (Phi) is 4.21. The number of benzene rings is 1. The molecule has 6 heteroatoms. The van der Waals surface area contributed by atoms with E-state index in [1.165, 1.54) is 17.8 Å². The predicted molar refractivity (Wildman–Crippen MR) is 72.3 cm³/mol. The molecule has 102 valence electrons. The van der Waals surface area contributed by atoms with Gasteiger partial charge in [0.15, 0.2) is 5.82 Å². The highest BCUT2D eigenvalue weighted by molar-refractivity contribution is 7.98. The van der Waals surface area contributed by atoms with Crippen LogP contribution in [-0.2, 0) is 11.2 Å². The lowest BCUT2D eigenvalue weighted by atomic mass is 9.94. The molecule has 0 fully saturated rings. The largest absolute Gasteiger partial charge is 0.339 e. The van der Waals surface area contributed by atoms with Gasteiger partial charge in [0.05, 0.1) is 11.2 Å². The molecule has 1 aromatic carbocycles. The number of aromatic nitrogens is 2. The van der Waals surface area contributed by atoms with Crippen LogP contribution < -0.4 is 5.73 Å². The minimum atomic E-state index is -0.339. The molecule has 0 atom stereocenters. The first kappa shape index (κ1) is 14.0. The molecule has 0 saturated heterocycles. The van der Waals surface area contributed by atoms with Crippen molar-refractivity contribution in [3.05, 3.63) is 41.8 Å². The Balaban J connectivity index is 2.03. The lowest BCUT2D eigenvalue weighted by Gasteiger charge is -2.15. The van der Waals surface area contributed by atoms with Crippen LogP contribution in [0.1, 0.15) is 25.6 Å². The zero-order valence-corrected chi connectivity index (χ0v) is 11.7. The second-order valence-corrected chi connectivity index (χ2v) is 5.84. The third kappa shape index (κ3) is 3.33. The van der Waals surface area contributed by atoms with E-state index in [1.807, 2.05) is 13.8 Å². The summed E-state index contributed by atoms with van der Waals surface area (Å²) in [4.78, 5) is 4.87. The number of hydrogen-bond donors (Lipinski definition) is 1. The summed E-state index contributed by atoms with van der Waals surface area (Å²) < 4.78 is 18.6. The number of halogens is 1. The van der Waals surface area contributed by atoms with Crippen LogP contribution in [0.2, 0.25) is 0 Å². The van der Waals surface area contributed by atoms with E-state index >= 15 is 0 Å². The van der Waals surface area contributed by atoms with Crippen molar-refractivity contribution in [2.45, 2.75) is 29.9 Å². The third-order valence-corrected chi connectivity index (χ3v) is 3.80. The fourth-order valence-electron chi connectivity index (χ4n) is 1.38. The second-order valence-electron chi connectivity index (χ2n) is 4.82. The van der Waals surface area contributed by atoms with Crippen molar-refractivity contribution in [2.24, 2.45) is 5.73 Å². The first-order chi connectivity index (χ1) is 9.03. The summed E-state index contributed by atoms with van der Waals surface area (Å²) in [6, 6.07) is 6.62. The van der Waals surface area contributed by atoms with Gasteiger partial charge in [0.2, 0.25) is 5.89 Å². The Morgan fingerprint density at radius 1 is 1.37 bits per heavy atom. The normalized spacial score (nSPS) is 11.8. The molecule has 0 aliphatic carbocycles. The molecule has 0 bridgehead atoms. The van der Waals surface area contributed by atoms with Crippen LogP contribution in [0.5, 0.6) is 0 Å². The smallest absolute Gasteiger partial charge is 0.233 e. The van der Waals surface area contributed by atoms with Crippen molar-refractivity contribution in [3.63, 3.8) is 0 Å². The van der Waals surface area contributed by atoms with E-state index in [1.54, 1.807) is 18.2 Å². The third-order valence-electron chi connectivity index (χ3n) is 2.75. The molecule has 0 saturated carbocycles. The maximum Gasteiger partial charge on any atom is 0.233 e. The van der Waals surface area contributed by atoms with Crippen LogP contribution in [0.25, 0.3) is 0 Å². The molecule has 19 heavy (non-hydrogen) atoms. The molecule has 2 rings (SSSR count). The minimum Gasteiger partial charge on any atom is -0.339 e. The molecule has 2 aromatic rings. The summed E-state index contributed by atoms with van der Waals surface area (Å²) in [6.07, 6.45) is 0. The van der Waals surface area contributed by atoms with Crippen LogP contribution in [0.15, 0.2) is 33.7 Å². The summed E-state index contributed by atoms with van der Waals surface area (Å²) in [6.45, 7) is 4.30. The van der Waals surface area contributed by atoms with Gasteiger partial charge in [0.1, 0.15) is 5.82 Å². The van der Waals surface area contributed by atoms with Crippen molar-refractivity contribution in [3.8, 4) is 0 Å². The molecule has 0 unspecified atom stereocenters. The fourth-order valence-corrected chi connectivity index (χ4v) is 2.16. The van der Waals surface area contributed by atoms with E-state index in [0.717, 1.165) is 0 Å². The number of nitrogens with zero attached hydrogens (tertiary/aromatic N) is 2.